The van der Waals surface area contributed by atoms with Crippen LogP contribution in [0.5, 0.6) is 0 Å². The van der Waals surface area contributed by atoms with E-state index in [4.69, 9.17) is 16.2 Å². The summed E-state index contributed by atoms with van der Waals surface area (Å²) in [6.45, 7) is 4.31. The van der Waals surface area contributed by atoms with Crippen LogP contribution in [0.2, 0.25) is 0 Å². The van der Waals surface area contributed by atoms with Gasteiger partial charge in [-0.25, -0.2) is 4.39 Å². The van der Waals surface area contributed by atoms with E-state index in [-0.39, 0.29) is 12.2 Å². The molecule has 4 N–H and O–H groups in total. The number of benzene rings is 1. The van der Waals surface area contributed by atoms with E-state index in [1.807, 2.05) is 13.8 Å². The van der Waals surface area contributed by atoms with Crippen molar-refractivity contribution in [2.75, 3.05) is 6.61 Å². The summed E-state index contributed by atoms with van der Waals surface area (Å²) in [6, 6.07) is 4.09. The van der Waals surface area contributed by atoms with E-state index in [0.29, 0.717) is 12.2 Å². The number of hydrogen-bond acceptors (Lipinski definition) is 3. The number of carbonyl (C=O) groups excluding carboxylic acids is 1. The van der Waals surface area contributed by atoms with Crippen LogP contribution in [0.25, 0.3) is 0 Å². The minimum Gasteiger partial charge on any atom is -0.375 e. The largest absolute Gasteiger partial charge is 0.375 e. The minimum absolute atomic E-state index is 0.123. The lowest BCUT2D eigenvalue weighted by Crippen LogP contribution is -2.40. The lowest BCUT2D eigenvalue weighted by molar-refractivity contribution is 0.0760. The Bertz CT molecular complexity index is 433. The molecule has 5 heteroatoms. The highest BCUT2D eigenvalue weighted by atomic mass is 19.1. The van der Waals surface area contributed by atoms with Gasteiger partial charge in [0.2, 0.25) is 5.91 Å². The van der Waals surface area contributed by atoms with Crippen molar-refractivity contribution in [3.63, 3.8) is 0 Å². The lowest BCUT2D eigenvalue weighted by atomic mass is 10.0. The standard InChI is InChI=1S/C13H19FN2O2/c1-3-13(2,16)8-18-7-10-5-4-9(12(15)17)6-11(10)14/h4-6H,3,7-8,16H2,1-2H3,(H2,15,17). The van der Waals surface area contributed by atoms with Crippen molar-refractivity contribution in [3.8, 4) is 0 Å². The molecule has 18 heavy (non-hydrogen) atoms. The van der Waals surface area contributed by atoms with E-state index < -0.39 is 17.3 Å². The van der Waals surface area contributed by atoms with Gasteiger partial charge in [-0.3, -0.25) is 4.79 Å². The summed E-state index contributed by atoms with van der Waals surface area (Å²) in [5, 5.41) is 0. The molecule has 100 valence electrons. The predicted octanol–water partition coefficient (Wildman–Crippen LogP) is 1.57. The number of halogens is 1. The van der Waals surface area contributed by atoms with Gasteiger partial charge in [0.25, 0.3) is 0 Å². The number of rotatable bonds is 6. The average Bonchev–Trinajstić information content (AvgIpc) is 2.31. The topological polar surface area (TPSA) is 78.3 Å². The molecule has 4 nitrogen and oxygen atoms in total. The molecule has 0 bridgehead atoms. The molecule has 1 unspecified atom stereocenters. The van der Waals surface area contributed by atoms with Crippen molar-refractivity contribution in [1.82, 2.24) is 0 Å². The van der Waals surface area contributed by atoms with Gasteiger partial charge in [-0.05, 0) is 25.5 Å². The van der Waals surface area contributed by atoms with Gasteiger partial charge in [0.05, 0.1) is 13.2 Å². The molecular weight excluding hydrogens is 235 g/mol. The summed E-state index contributed by atoms with van der Waals surface area (Å²) >= 11 is 0. The van der Waals surface area contributed by atoms with Gasteiger partial charge in [0.15, 0.2) is 0 Å². The van der Waals surface area contributed by atoms with Crippen LogP contribution in [-0.2, 0) is 11.3 Å². The maximum absolute atomic E-state index is 13.6. The fourth-order valence-electron chi connectivity index (χ4n) is 1.31. The Labute approximate surface area is 106 Å². The van der Waals surface area contributed by atoms with Crippen molar-refractivity contribution in [1.29, 1.82) is 0 Å². The van der Waals surface area contributed by atoms with E-state index in [1.165, 1.54) is 12.1 Å². The first-order chi connectivity index (χ1) is 8.35. The number of ether oxygens (including phenoxy) is 1. The molecule has 1 aromatic carbocycles. The van der Waals surface area contributed by atoms with Crippen LogP contribution >= 0.6 is 0 Å². The number of primary amides is 1. The van der Waals surface area contributed by atoms with Crippen LogP contribution in [0.1, 0.15) is 36.2 Å². The second kappa shape index (κ2) is 5.93. The summed E-state index contributed by atoms with van der Waals surface area (Å²) in [7, 11) is 0. The van der Waals surface area contributed by atoms with Gasteiger partial charge in [0.1, 0.15) is 5.82 Å². The minimum atomic E-state index is -0.651. The highest BCUT2D eigenvalue weighted by Gasteiger charge is 2.16. The predicted molar refractivity (Wildman–Crippen MR) is 67.5 cm³/mol. The smallest absolute Gasteiger partial charge is 0.248 e. The van der Waals surface area contributed by atoms with Gasteiger partial charge in [-0.1, -0.05) is 13.0 Å². The highest BCUT2D eigenvalue weighted by Crippen LogP contribution is 2.13. The Hall–Kier alpha value is -1.46. The molecular formula is C13H19FN2O2. The highest BCUT2D eigenvalue weighted by molar-refractivity contribution is 5.92. The third-order valence-corrected chi connectivity index (χ3v) is 2.83. The zero-order valence-electron chi connectivity index (χ0n) is 10.7. The molecule has 0 heterocycles. The van der Waals surface area contributed by atoms with Gasteiger partial charge < -0.3 is 16.2 Å². The van der Waals surface area contributed by atoms with Crippen molar-refractivity contribution >= 4 is 5.91 Å². The van der Waals surface area contributed by atoms with E-state index in [1.54, 1.807) is 0 Å². The number of hydrogen-bond donors (Lipinski definition) is 2. The Morgan fingerprint density at radius 3 is 2.67 bits per heavy atom. The number of nitrogens with two attached hydrogens (primary N) is 2. The first kappa shape index (κ1) is 14.6. The Balaban J connectivity index is 2.61. The van der Waals surface area contributed by atoms with E-state index in [0.717, 1.165) is 12.5 Å². The van der Waals surface area contributed by atoms with E-state index in [2.05, 4.69) is 0 Å². The van der Waals surface area contributed by atoms with Gasteiger partial charge in [-0.15, -0.1) is 0 Å². The lowest BCUT2D eigenvalue weighted by Gasteiger charge is -2.22. The molecule has 0 saturated heterocycles. The van der Waals surface area contributed by atoms with Crippen molar-refractivity contribution in [3.05, 3.63) is 35.1 Å². The third-order valence-electron chi connectivity index (χ3n) is 2.83. The molecule has 1 atom stereocenters. The van der Waals surface area contributed by atoms with Crippen LogP contribution in [-0.4, -0.2) is 18.1 Å². The zero-order chi connectivity index (χ0) is 13.8. The summed E-state index contributed by atoms with van der Waals surface area (Å²) in [4.78, 5) is 10.9. The normalized spacial score (nSPS) is 14.2. The van der Waals surface area contributed by atoms with Crippen molar-refractivity contribution in [2.24, 2.45) is 11.5 Å². The van der Waals surface area contributed by atoms with Crippen LogP contribution in [0.4, 0.5) is 4.39 Å². The molecule has 0 aliphatic rings. The number of amides is 1. The molecule has 0 fully saturated rings. The first-order valence-corrected chi connectivity index (χ1v) is 5.80. The van der Waals surface area contributed by atoms with E-state index in [9.17, 15) is 9.18 Å². The van der Waals surface area contributed by atoms with Crippen molar-refractivity contribution < 1.29 is 13.9 Å². The molecule has 0 saturated carbocycles. The fraction of sp³-hybridized carbons (Fsp3) is 0.462. The monoisotopic (exact) mass is 254 g/mol. The summed E-state index contributed by atoms with van der Waals surface area (Å²) < 4.78 is 19.0. The van der Waals surface area contributed by atoms with Gasteiger partial charge in [0, 0.05) is 16.7 Å². The van der Waals surface area contributed by atoms with Gasteiger partial charge >= 0.3 is 0 Å². The zero-order valence-corrected chi connectivity index (χ0v) is 10.7. The number of carbonyl (C=O) groups is 1. The molecule has 1 aromatic rings. The molecule has 0 aliphatic heterocycles. The quantitative estimate of drug-likeness (QED) is 0.808. The second-order valence-corrected chi connectivity index (χ2v) is 4.67. The fourth-order valence-corrected chi connectivity index (χ4v) is 1.31. The summed E-state index contributed by atoms with van der Waals surface area (Å²) in [5.74, 6) is -1.15. The van der Waals surface area contributed by atoms with Crippen LogP contribution in [0, 0.1) is 5.82 Å². The average molecular weight is 254 g/mol. The molecule has 1 rings (SSSR count). The first-order valence-electron chi connectivity index (χ1n) is 5.80. The van der Waals surface area contributed by atoms with Crippen LogP contribution in [0.15, 0.2) is 18.2 Å². The molecule has 0 radical (unpaired) electrons. The summed E-state index contributed by atoms with van der Waals surface area (Å²) in [6.07, 6.45) is 0.774. The molecule has 0 aromatic heterocycles. The molecule has 0 aliphatic carbocycles. The Morgan fingerprint density at radius 1 is 1.50 bits per heavy atom. The van der Waals surface area contributed by atoms with Crippen molar-refractivity contribution in [2.45, 2.75) is 32.4 Å². The second-order valence-electron chi connectivity index (χ2n) is 4.67. The third kappa shape index (κ3) is 4.09. The van der Waals surface area contributed by atoms with E-state index >= 15 is 0 Å². The van der Waals surface area contributed by atoms with Gasteiger partial charge in [-0.2, -0.15) is 0 Å². The molecule has 1 amide bonds. The van der Waals surface area contributed by atoms with Crippen LogP contribution in [0.3, 0.4) is 0 Å². The Kier molecular flexibility index (Phi) is 4.81. The maximum atomic E-state index is 13.6. The Morgan fingerprint density at radius 2 is 2.17 bits per heavy atom. The summed E-state index contributed by atoms with van der Waals surface area (Å²) in [5.41, 5.74) is 11.1. The maximum Gasteiger partial charge on any atom is 0.248 e. The SMILES string of the molecule is CCC(C)(N)COCc1ccc(C(N)=O)cc1F. The molecule has 0 spiro atoms. The van der Waals surface area contributed by atoms with Crippen LogP contribution < -0.4 is 11.5 Å².